The van der Waals surface area contributed by atoms with Gasteiger partial charge in [0.25, 0.3) is 0 Å². The van der Waals surface area contributed by atoms with Crippen LogP contribution in [0, 0.1) is 5.92 Å². The summed E-state index contributed by atoms with van der Waals surface area (Å²) in [6.45, 7) is 2.05. The zero-order valence-corrected chi connectivity index (χ0v) is 20.0. The molecule has 0 aliphatic heterocycles. The summed E-state index contributed by atoms with van der Waals surface area (Å²) in [5.41, 5.74) is -14.9. The van der Waals surface area contributed by atoms with Crippen LogP contribution in [0.15, 0.2) is 0 Å². The maximum Gasteiger partial charge on any atom is 0.432 e. The molecule has 0 atom stereocenters. The molecule has 37 heavy (non-hydrogen) atoms. The number of Topliss-reactive ketones (excluding diaryl/α,β-unsaturated/α-hetero) is 1. The molecular formula is C22H30F14O. The average molecular weight is 576 g/mol. The summed E-state index contributed by atoms with van der Waals surface area (Å²) in [6.07, 6.45) is -24.6. The Kier molecular flexibility index (Phi) is 13.2. The fourth-order valence-electron chi connectivity index (χ4n) is 3.98. The molecule has 0 aliphatic rings. The van der Waals surface area contributed by atoms with Gasteiger partial charge in [-0.2, -0.15) is 52.7 Å². The molecule has 0 spiro atoms. The van der Waals surface area contributed by atoms with Crippen molar-refractivity contribution in [2.75, 3.05) is 0 Å². The van der Waals surface area contributed by atoms with Gasteiger partial charge >= 0.3 is 36.0 Å². The van der Waals surface area contributed by atoms with Crippen LogP contribution >= 0.6 is 0 Å². The lowest BCUT2D eigenvalue weighted by Crippen LogP contribution is -2.72. The molecule has 0 saturated heterocycles. The Morgan fingerprint density at radius 1 is 0.459 bits per heavy atom. The van der Waals surface area contributed by atoms with Crippen molar-refractivity contribution in [2.24, 2.45) is 5.92 Å². The van der Waals surface area contributed by atoms with E-state index in [1.165, 1.54) is 0 Å². The van der Waals surface area contributed by atoms with Crippen LogP contribution in [0.25, 0.3) is 0 Å². The van der Waals surface area contributed by atoms with Gasteiger partial charge in [0.05, 0.1) is 0 Å². The molecule has 0 aliphatic carbocycles. The SMILES string of the molecule is CCCCCCCCCCCCCCC(=O)C(C(F)(C(F)(F)F)C(F)(F)F)C(F)(C(F)(F)F)C(F)(F)F. The van der Waals surface area contributed by atoms with Gasteiger partial charge in [0.1, 0.15) is 11.7 Å². The third kappa shape index (κ3) is 8.86. The Balaban J connectivity index is 5.56. The van der Waals surface area contributed by atoms with Crippen molar-refractivity contribution in [3.8, 4) is 0 Å². The number of hydrogen-bond donors (Lipinski definition) is 0. The summed E-state index contributed by atoms with van der Waals surface area (Å²) in [6, 6.07) is 0. The first kappa shape index (κ1) is 35.7. The number of ketones is 1. The van der Waals surface area contributed by atoms with E-state index in [9.17, 15) is 66.3 Å². The second-order valence-electron chi connectivity index (χ2n) is 8.95. The summed E-state index contributed by atoms with van der Waals surface area (Å²) in [5, 5.41) is 0. The topological polar surface area (TPSA) is 17.1 Å². The number of alkyl halides is 14. The van der Waals surface area contributed by atoms with Crippen LogP contribution in [0.1, 0.15) is 90.4 Å². The lowest BCUT2D eigenvalue weighted by molar-refractivity contribution is -0.410. The monoisotopic (exact) mass is 576 g/mol. The lowest BCUT2D eigenvalue weighted by Gasteiger charge is -2.43. The number of carbonyl (C=O) groups is 1. The maximum absolute atomic E-state index is 14.4. The number of hydrogen-bond acceptors (Lipinski definition) is 1. The van der Waals surface area contributed by atoms with Gasteiger partial charge in [-0.15, -0.1) is 0 Å². The summed E-state index contributed by atoms with van der Waals surface area (Å²) < 4.78 is 185. The predicted molar refractivity (Wildman–Crippen MR) is 106 cm³/mol. The molecule has 0 amide bonds. The Morgan fingerprint density at radius 3 is 0.946 bits per heavy atom. The molecule has 0 unspecified atom stereocenters. The fraction of sp³-hybridized carbons (Fsp3) is 0.955. The van der Waals surface area contributed by atoms with Crippen LogP contribution in [0.4, 0.5) is 61.5 Å². The highest BCUT2D eigenvalue weighted by atomic mass is 19.4. The average Bonchev–Trinajstić information content (AvgIpc) is 2.71. The minimum absolute atomic E-state index is 0.177. The van der Waals surface area contributed by atoms with Crippen molar-refractivity contribution >= 4 is 5.78 Å². The van der Waals surface area contributed by atoms with Gasteiger partial charge in [0.15, 0.2) is 0 Å². The van der Waals surface area contributed by atoms with Gasteiger partial charge in [-0.25, -0.2) is 8.78 Å². The molecule has 0 rings (SSSR count). The highest BCUT2D eigenvalue weighted by Crippen LogP contribution is 2.61. The molecule has 222 valence electrons. The van der Waals surface area contributed by atoms with Gasteiger partial charge < -0.3 is 0 Å². The highest BCUT2D eigenvalue weighted by Gasteiger charge is 2.89. The molecule has 0 aromatic heterocycles. The van der Waals surface area contributed by atoms with E-state index in [1.54, 1.807) is 0 Å². The quantitative estimate of drug-likeness (QED) is 0.132. The van der Waals surface area contributed by atoms with E-state index in [0.29, 0.717) is 12.8 Å². The smallest absolute Gasteiger partial charge is 0.299 e. The molecule has 0 bridgehead atoms. The highest BCUT2D eigenvalue weighted by molar-refractivity contribution is 5.84. The first-order valence-corrected chi connectivity index (χ1v) is 11.8. The van der Waals surface area contributed by atoms with Crippen molar-refractivity contribution in [3.63, 3.8) is 0 Å². The number of halogens is 14. The van der Waals surface area contributed by atoms with Crippen LogP contribution in [0.5, 0.6) is 0 Å². The second-order valence-corrected chi connectivity index (χ2v) is 8.95. The first-order chi connectivity index (χ1) is 16.6. The standard InChI is InChI=1S/C22H30F14O/c1-2-3-4-5-6-7-8-9-10-11-12-13-14-15(37)16(17(23,19(25,26)27)20(28,29)30)18(24,21(31,32)33)22(34,35)36/h16H,2-14H2,1H3. The maximum atomic E-state index is 14.4. The molecule has 0 heterocycles. The van der Waals surface area contributed by atoms with Gasteiger partial charge in [-0.3, -0.25) is 4.79 Å². The molecule has 15 heteroatoms. The molecule has 0 radical (unpaired) electrons. The van der Waals surface area contributed by atoms with Crippen molar-refractivity contribution in [2.45, 2.75) is 126 Å². The van der Waals surface area contributed by atoms with Crippen LogP contribution in [0.2, 0.25) is 0 Å². The van der Waals surface area contributed by atoms with Crippen LogP contribution in [-0.4, -0.2) is 41.8 Å². The van der Waals surface area contributed by atoms with E-state index in [1.807, 2.05) is 0 Å². The van der Waals surface area contributed by atoms with Crippen molar-refractivity contribution < 1.29 is 66.3 Å². The van der Waals surface area contributed by atoms with Gasteiger partial charge in [0.2, 0.25) is 0 Å². The van der Waals surface area contributed by atoms with E-state index in [0.717, 1.165) is 44.9 Å². The molecule has 0 fully saturated rings. The van der Waals surface area contributed by atoms with E-state index in [2.05, 4.69) is 6.92 Å². The Labute approximate surface area is 205 Å². The summed E-state index contributed by atoms with van der Waals surface area (Å²) in [7, 11) is 0. The van der Waals surface area contributed by atoms with E-state index in [4.69, 9.17) is 0 Å². The van der Waals surface area contributed by atoms with E-state index in [-0.39, 0.29) is 12.8 Å². The Hall–Kier alpha value is -1.31. The van der Waals surface area contributed by atoms with Gasteiger partial charge in [0, 0.05) is 6.42 Å². The van der Waals surface area contributed by atoms with Crippen molar-refractivity contribution in [1.29, 1.82) is 0 Å². The number of unbranched alkanes of at least 4 members (excludes halogenated alkanes) is 11. The van der Waals surface area contributed by atoms with E-state index >= 15 is 0 Å². The third-order valence-electron chi connectivity index (χ3n) is 6.04. The summed E-state index contributed by atoms with van der Waals surface area (Å²) in [5.74, 6) is -8.96. The minimum atomic E-state index is -7.53. The zero-order valence-electron chi connectivity index (χ0n) is 20.0. The van der Waals surface area contributed by atoms with Crippen LogP contribution < -0.4 is 0 Å². The summed E-state index contributed by atoms with van der Waals surface area (Å²) in [4.78, 5) is 12.0. The number of rotatable bonds is 16. The van der Waals surface area contributed by atoms with Crippen LogP contribution in [-0.2, 0) is 4.79 Å². The molecular weight excluding hydrogens is 546 g/mol. The van der Waals surface area contributed by atoms with Gasteiger partial charge in [-0.1, -0.05) is 77.6 Å². The summed E-state index contributed by atoms with van der Waals surface area (Å²) >= 11 is 0. The predicted octanol–water partition coefficient (Wildman–Crippen LogP) is 9.93. The molecule has 0 saturated carbocycles. The fourth-order valence-corrected chi connectivity index (χ4v) is 3.98. The third-order valence-corrected chi connectivity index (χ3v) is 6.04. The number of carbonyl (C=O) groups excluding carboxylic acids is 1. The molecule has 1 nitrogen and oxygen atoms in total. The zero-order chi connectivity index (χ0) is 29.3. The second kappa shape index (κ2) is 13.7. The minimum Gasteiger partial charge on any atom is -0.299 e. The largest absolute Gasteiger partial charge is 0.432 e. The Morgan fingerprint density at radius 2 is 0.703 bits per heavy atom. The Bertz CT molecular complexity index is 609. The molecule has 0 aromatic rings. The lowest BCUT2D eigenvalue weighted by atomic mass is 9.71. The normalized spacial score (nSPS) is 14.5. The van der Waals surface area contributed by atoms with Crippen molar-refractivity contribution in [3.05, 3.63) is 0 Å². The molecule has 0 N–H and O–H groups in total. The van der Waals surface area contributed by atoms with Crippen LogP contribution in [0.3, 0.4) is 0 Å². The van der Waals surface area contributed by atoms with Crippen molar-refractivity contribution in [1.82, 2.24) is 0 Å². The molecule has 0 aromatic carbocycles. The van der Waals surface area contributed by atoms with E-state index < -0.39 is 60.6 Å². The first-order valence-electron chi connectivity index (χ1n) is 11.8. The van der Waals surface area contributed by atoms with Gasteiger partial charge in [-0.05, 0) is 6.42 Å².